The molecule has 0 aromatic heterocycles. The Morgan fingerprint density at radius 1 is 1.05 bits per heavy atom. The van der Waals surface area contributed by atoms with Gasteiger partial charge in [0.25, 0.3) is 0 Å². The number of carbonyl (C=O) groups is 1. The molecule has 2 aromatic rings. The van der Waals surface area contributed by atoms with Gasteiger partial charge < -0.3 is 16.4 Å². The van der Waals surface area contributed by atoms with Crippen molar-refractivity contribution in [3.63, 3.8) is 0 Å². The largest absolute Gasteiger partial charge is 0.378 e. The molecule has 0 aliphatic heterocycles. The van der Waals surface area contributed by atoms with E-state index in [1.165, 1.54) is 17.5 Å². The fraction of sp³-hybridized carbons (Fsp3) is 0.235. The van der Waals surface area contributed by atoms with Gasteiger partial charge in [-0.3, -0.25) is 0 Å². The second-order valence-corrected chi connectivity index (χ2v) is 5.35. The van der Waals surface area contributed by atoms with Gasteiger partial charge in [0.15, 0.2) is 0 Å². The van der Waals surface area contributed by atoms with E-state index >= 15 is 0 Å². The number of carbonyl (C=O) groups excluding carboxylic acids is 1. The first-order valence-corrected chi connectivity index (χ1v) is 7.23. The Morgan fingerprint density at radius 2 is 1.76 bits per heavy atom. The molecule has 0 saturated carbocycles. The third kappa shape index (κ3) is 3.16. The lowest BCUT2D eigenvalue weighted by Crippen LogP contribution is -2.19. The summed E-state index contributed by atoms with van der Waals surface area (Å²) in [4.78, 5) is 10.8. The molecule has 2 amide bonds. The molecule has 21 heavy (non-hydrogen) atoms. The number of hydrogen-bond donors (Lipinski definition) is 3. The molecule has 3 rings (SSSR count). The van der Waals surface area contributed by atoms with E-state index < -0.39 is 6.03 Å². The van der Waals surface area contributed by atoms with E-state index in [9.17, 15) is 4.79 Å². The molecule has 108 valence electrons. The topological polar surface area (TPSA) is 67.2 Å². The molecule has 0 heterocycles. The quantitative estimate of drug-likeness (QED) is 0.803. The lowest BCUT2D eigenvalue weighted by Gasteiger charge is -2.27. The van der Waals surface area contributed by atoms with Crippen molar-refractivity contribution in [1.29, 1.82) is 0 Å². The van der Waals surface area contributed by atoms with E-state index in [0.29, 0.717) is 11.7 Å². The number of benzene rings is 2. The van der Waals surface area contributed by atoms with Gasteiger partial charge in [0.1, 0.15) is 0 Å². The van der Waals surface area contributed by atoms with E-state index in [1.54, 1.807) is 0 Å². The highest BCUT2D eigenvalue weighted by atomic mass is 16.2. The Hall–Kier alpha value is -2.49. The van der Waals surface area contributed by atoms with Gasteiger partial charge in [0, 0.05) is 11.4 Å². The number of urea groups is 1. The molecule has 0 bridgehead atoms. The SMILES string of the molecule is NC(=O)Nc1ccc(NC2CCCc3ccccc32)cc1. The number of primary amides is 1. The highest BCUT2D eigenvalue weighted by Gasteiger charge is 2.19. The summed E-state index contributed by atoms with van der Waals surface area (Å²) in [6, 6.07) is 16.0. The van der Waals surface area contributed by atoms with E-state index in [4.69, 9.17) is 5.73 Å². The molecule has 0 radical (unpaired) electrons. The van der Waals surface area contributed by atoms with Crippen LogP contribution in [-0.4, -0.2) is 6.03 Å². The number of nitrogens with one attached hydrogen (secondary N) is 2. The minimum absolute atomic E-state index is 0.352. The molecular formula is C17H19N3O. The smallest absolute Gasteiger partial charge is 0.316 e. The zero-order valence-electron chi connectivity index (χ0n) is 11.8. The summed E-state index contributed by atoms with van der Waals surface area (Å²) >= 11 is 0. The van der Waals surface area contributed by atoms with Gasteiger partial charge in [-0.1, -0.05) is 24.3 Å². The minimum atomic E-state index is -0.545. The van der Waals surface area contributed by atoms with Crippen LogP contribution in [0.4, 0.5) is 16.2 Å². The Labute approximate surface area is 124 Å². The number of aryl methyl sites for hydroxylation is 1. The zero-order chi connectivity index (χ0) is 14.7. The highest BCUT2D eigenvalue weighted by molar-refractivity contribution is 5.87. The summed E-state index contributed by atoms with van der Waals surface area (Å²) in [5.41, 5.74) is 9.68. The normalized spacial score (nSPS) is 16.9. The number of fused-ring (bicyclic) bond motifs is 1. The van der Waals surface area contributed by atoms with Crippen LogP contribution in [0.2, 0.25) is 0 Å². The van der Waals surface area contributed by atoms with Gasteiger partial charge in [-0.2, -0.15) is 0 Å². The Kier molecular flexibility index (Phi) is 3.77. The number of anilines is 2. The lowest BCUT2D eigenvalue weighted by atomic mass is 9.87. The molecule has 0 fully saturated rings. The molecule has 4 heteroatoms. The van der Waals surface area contributed by atoms with E-state index in [-0.39, 0.29) is 0 Å². The Morgan fingerprint density at radius 3 is 2.52 bits per heavy atom. The molecule has 1 aliphatic carbocycles. The van der Waals surface area contributed by atoms with Crippen LogP contribution in [0.5, 0.6) is 0 Å². The standard InChI is InChI=1S/C17H19N3O/c18-17(21)20-14-10-8-13(9-11-14)19-16-7-3-5-12-4-1-2-6-15(12)16/h1-2,4,6,8-11,16,19H,3,5,7H2,(H3,18,20,21). The Balaban J connectivity index is 1.74. The van der Waals surface area contributed by atoms with Crippen LogP contribution in [0.15, 0.2) is 48.5 Å². The number of nitrogens with two attached hydrogens (primary N) is 1. The number of hydrogen-bond acceptors (Lipinski definition) is 2. The average Bonchev–Trinajstić information content (AvgIpc) is 2.49. The summed E-state index contributed by atoms with van der Waals surface area (Å²) in [6.45, 7) is 0. The summed E-state index contributed by atoms with van der Waals surface area (Å²) in [7, 11) is 0. The van der Waals surface area contributed by atoms with Gasteiger partial charge >= 0.3 is 6.03 Å². The summed E-state index contributed by atoms with van der Waals surface area (Å²) in [5, 5.41) is 6.14. The maximum atomic E-state index is 10.8. The third-order valence-electron chi connectivity index (χ3n) is 3.86. The van der Waals surface area contributed by atoms with Crippen LogP contribution >= 0.6 is 0 Å². The van der Waals surface area contributed by atoms with Crippen LogP contribution in [0, 0.1) is 0 Å². The van der Waals surface area contributed by atoms with Crippen molar-refractivity contribution in [3.8, 4) is 0 Å². The molecular weight excluding hydrogens is 262 g/mol. The van der Waals surface area contributed by atoms with Gasteiger partial charge in [0.2, 0.25) is 0 Å². The monoisotopic (exact) mass is 281 g/mol. The van der Waals surface area contributed by atoms with Crippen LogP contribution in [-0.2, 0) is 6.42 Å². The predicted octanol–water partition coefficient (Wildman–Crippen LogP) is 3.67. The summed E-state index contributed by atoms with van der Waals surface area (Å²) < 4.78 is 0. The van der Waals surface area contributed by atoms with Gasteiger partial charge in [-0.25, -0.2) is 4.79 Å². The molecule has 1 atom stereocenters. The first-order valence-electron chi connectivity index (χ1n) is 7.23. The number of rotatable bonds is 3. The summed E-state index contributed by atoms with van der Waals surface area (Å²) in [6.07, 6.45) is 3.50. The van der Waals surface area contributed by atoms with Crippen molar-refractivity contribution < 1.29 is 4.79 Å². The lowest BCUT2D eigenvalue weighted by molar-refractivity contribution is 0.259. The average molecular weight is 281 g/mol. The van der Waals surface area contributed by atoms with Crippen molar-refractivity contribution >= 4 is 17.4 Å². The number of amides is 2. The third-order valence-corrected chi connectivity index (χ3v) is 3.86. The van der Waals surface area contributed by atoms with Crippen molar-refractivity contribution in [1.82, 2.24) is 0 Å². The van der Waals surface area contributed by atoms with Gasteiger partial charge in [-0.05, 0) is 54.7 Å². The van der Waals surface area contributed by atoms with Crippen LogP contribution in [0.1, 0.15) is 30.0 Å². The second kappa shape index (κ2) is 5.87. The zero-order valence-corrected chi connectivity index (χ0v) is 11.8. The minimum Gasteiger partial charge on any atom is -0.378 e. The molecule has 1 aliphatic rings. The fourth-order valence-corrected chi connectivity index (χ4v) is 2.90. The van der Waals surface area contributed by atoms with Crippen LogP contribution in [0.3, 0.4) is 0 Å². The first-order chi connectivity index (χ1) is 10.2. The molecule has 1 unspecified atom stereocenters. The van der Waals surface area contributed by atoms with E-state index in [0.717, 1.165) is 18.5 Å². The van der Waals surface area contributed by atoms with Crippen molar-refractivity contribution in [2.45, 2.75) is 25.3 Å². The van der Waals surface area contributed by atoms with Crippen LogP contribution in [0.25, 0.3) is 0 Å². The van der Waals surface area contributed by atoms with E-state index in [1.807, 2.05) is 24.3 Å². The van der Waals surface area contributed by atoms with Gasteiger partial charge in [-0.15, -0.1) is 0 Å². The Bertz CT molecular complexity index is 637. The molecule has 0 saturated heterocycles. The molecule has 4 nitrogen and oxygen atoms in total. The van der Waals surface area contributed by atoms with Crippen LogP contribution < -0.4 is 16.4 Å². The van der Waals surface area contributed by atoms with Crippen molar-refractivity contribution in [3.05, 3.63) is 59.7 Å². The van der Waals surface area contributed by atoms with Gasteiger partial charge in [0.05, 0.1) is 6.04 Å². The van der Waals surface area contributed by atoms with Crippen molar-refractivity contribution in [2.75, 3.05) is 10.6 Å². The molecule has 0 spiro atoms. The van der Waals surface area contributed by atoms with Crippen molar-refractivity contribution in [2.24, 2.45) is 5.73 Å². The second-order valence-electron chi connectivity index (χ2n) is 5.35. The highest BCUT2D eigenvalue weighted by Crippen LogP contribution is 2.32. The molecule has 4 N–H and O–H groups in total. The first kappa shape index (κ1) is 13.5. The maximum absolute atomic E-state index is 10.8. The summed E-state index contributed by atoms with van der Waals surface area (Å²) in [5.74, 6) is 0. The fourth-order valence-electron chi connectivity index (χ4n) is 2.90. The maximum Gasteiger partial charge on any atom is 0.316 e. The molecule has 2 aromatic carbocycles. The predicted molar refractivity (Wildman–Crippen MR) is 85.4 cm³/mol. The van der Waals surface area contributed by atoms with E-state index in [2.05, 4.69) is 34.9 Å².